The van der Waals surface area contributed by atoms with Gasteiger partial charge in [0.25, 0.3) is 0 Å². The predicted octanol–water partition coefficient (Wildman–Crippen LogP) is -0.353. The quantitative estimate of drug-likeness (QED) is 0.682. The molecule has 0 spiro atoms. The fourth-order valence-corrected chi connectivity index (χ4v) is 1.79. The maximum atomic E-state index is 11.7. The van der Waals surface area contributed by atoms with Crippen molar-refractivity contribution in [1.29, 1.82) is 0 Å². The molecule has 0 bridgehead atoms. The molecule has 1 aliphatic rings. The van der Waals surface area contributed by atoms with E-state index in [1.807, 2.05) is 0 Å². The minimum atomic E-state index is -0.387. The third-order valence-corrected chi connectivity index (χ3v) is 2.67. The van der Waals surface area contributed by atoms with Crippen molar-refractivity contribution in [2.24, 2.45) is 0 Å². The van der Waals surface area contributed by atoms with Gasteiger partial charge in [-0.05, 0) is 6.92 Å². The van der Waals surface area contributed by atoms with Crippen molar-refractivity contribution in [1.82, 2.24) is 20.4 Å². The number of aromatic nitrogens is 2. The van der Waals surface area contributed by atoms with Crippen LogP contribution in [0.1, 0.15) is 18.9 Å². The maximum absolute atomic E-state index is 11.7. The molecule has 0 radical (unpaired) electrons. The van der Waals surface area contributed by atoms with E-state index >= 15 is 0 Å². The Morgan fingerprint density at radius 1 is 1.62 bits per heavy atom. The molecule has 1 atom stereocenters. The summed E-state index contributed by atoms with van der Waals surface area (Å²) in [6.45, 7) is 2.79. The molecule has 0 saturated carbocycles. The first-order valence-corrected chi connectivity index (χ1v) is 5.27. The summed E-state index contributed by atoms with van der Waals surface area (Å²) in [6, 6.07) is -0.387. The largest absolute Gasteiger partial charge is 0.301 e. The smallest absolute Gasteiger partial charge is 0.246 e. The molecule has 1 aromatic rings. The van der Waals surface area contributed by atoms with Gasteiger partial charge in [0.05, 0.1) is 18.7 Å². The Bertz CT molecular complexity index is 388. The summed E-state index contributed by atoms with van der Waals surface area (Å²) in [5, 5.41) is 9.55. The molecule has 0 aliphatic carbocycles. The monoisotopic (exact) mass is 222 g/mol. The van der Waals surface area contributed by atoms with E-state index in [1.165, 1.54) is 4.90 Å². The number of amides is 2. The van der Waals surface area contributed by atoms with Crippen LogP contribution in [0.15, 0.2) is 12.4 Å². The van der Waals surface area contributed by atoms with Gasteiger partial charge >= 0.3 is 0 Å². The normalized spacial score (nSPS) is 20.8. The number of nitrogens with zero attached hydrogens (tertiary/aromatic N) is 2. The molecule has 1 saturated heterocycles. The van der Waals surface area contributed by atoms with Crippen molar-refractivity contribution in [2.75, 3.05) is 6.54 Å². The Hall–Kier alpha value is -1.69. The van der Waals surface area contributed by atoms with Crippen molar-refractivity contribution < 1.29 is 9.59 Å². The van der Waals surface area contributed by atoms with E-state index in [0.29, 0.717) is 13.1 Å². The molecule has 1 unspecified atom stereocenters. The van der Waals surface area contributed by atoms with Crippen LogP contribution in [-0.4, -0.2) is 39.5 Å². The van der Waals surface area contributed by atoms with Crippen LogP contribution >= 0.6 is 0 Å². The molecule has 86 valence electrons. The molecule has 1 aromatic heterocycles. The lowest BCUT2D eigenvalue weighted by Crippen LogP contribution is -2.38. The van der Waals surface area contributed by atoms with E-state index in [1.54, 1.807) is 19.3 Å². The lowest BCUT2D eigenvalue weighted by Gasteiger charge is -2.12. The fourth-order valence-electron chi connectivity index (χ4n) is 1.79. The standard InChI is InChI=1S/C10H14N4O2/c1-2-14-9(15)3-8(10(14)16)11-4-7-5-12-13-6-7/h5-6,8,11H,2-4H2,1H3,(H,12,13). The lowest BCUT2D eigenvalue weighted by molar-refractivity contribution is -0.138. The second-order valence-corrected chi connectivity index (χ2v) is 3.72. The maximum Gasteiger partial charge on any atom is 0.246 e. The zero-order valence-electron chi connectivity index (χ0n) is 9.06. The topological polar surface area (TPSA) is 78.1 Å². The van der Waals surface area contributed by atoms with Gasteiger partial charge in [0.2, 0.25) is 11.8 Å². The summed E-state index contributed by atoms with van der Waals surface area (Å²) in [7, 11) is 0. The molecule has 2 N–H and O–H groups in total. The van der Waals surface area contributed by atoms with Crippen molar-refractivity contribution in [3.63, 3.8) is 0 Å². The van der Waals surface area contributed by atoms with Gasteiger partial charge < -0.3 is 5.32 Å². The van der Waals surface area contributed by atoms with E-state index in [-0.39, 0.29) is 24.3 Å². The summed E-state index contributed by atoms with van der Waals surface area (Å²) >= 11 is 0. The number of rotatable bonds is 4. The van der Waals surface area contributed by atoms with Gasteiger partial charge in [0.15, 0.2) is 0 Å². The number of imide groups is 1. The van der Waals surface area contributed by atoms with Crippen LogP contribution < -0.4 is 5.32 Å². The van der Waals surface area contributed by atoms with Gasteiger partial charge in [0.1, 0.15) is 0 Å². The summed E-state index contributed by atoms with van der Waals surface area (Å²) < 4.78 is 0. The van der Waals surface area contributed by atoms with E-state index in [0.717, 1.165) is 5.56 Å². The molecule has 2 rings (SSSR count). The summed E-state index contributed by atoms with van der Waals surface area (Å²) in [5.41, 5.74) is 0.968. The highest BCUT2D eigenvalue weighted by Crippen LogP contribution is 2.12. The zero-order chi connectivity index (χ0) is 11.5. The third kappa shape index (κ3) is 1.96. The Labute approximate surface area is 93.0 Å². The molecule has 2 heterocycles. The number of carbonyl (C=O) groups is 2. The van der Waals surface area contributed by atoms with Crippen molar-refractivity contribution in [3.8, 4) is 0 Å². The number of hydrogen-bond donors (Lipinski definition) is 2. The Morgan fingerprint density at radius 2 is 2.44 bits per heavy atom. The van der Waals surface area contributed by atoms with Gasteiger partial charge in [-0.2, -0.15) is 5.10 Å². The van der Waals surface area contributed by atoms with E-state index in [4.69, 9.17) is 0 Å². The molecule has 1 fully saturated rings. The molecule has 16 heavy (non-hydrogen) atoms. The molecular weight excluding hydrogens is 208 g/mol. The first-order valence-electron chi connectivity index (χ1n) is 5.27. The Morgan fingerprint density at radius 3 is 3.00 bits per heavy atom. The van der Waals surface area contributed by atoms with Gasteiger partial charge in [-0.15, -0.1) is 0 Å². The molecule has 1 aliphatic heterocycles. The number of aromatic amines is 1. The van der Waals surface area contributed by atoms with Crippen LogP contribution in [0.5, 0.6) is 0 Å². The highest BCUT2D eigenvalue weighted by molar-refractivity contribution is 6.05. The van der Waals surface area contributed by atoms with E-state index < -0.39 is 0 Å². The molecule has 2 amide bonds. The van der Waals surface area contributed by atoms with Crippen LogP contribution in [-0.2, 0) is 16.1 Å². The highest BCUT2D eigenvalue weighted by Gasteiger charge is 2.36. The number of likely N-dealkylation sites (N-methyl/N-ethyl adjacent to an activating group) is 1. The van der Waals surface area contributed by atoms with Crippen LogP contribution in [0, 0.1) is 0 Å². The summed E-state index contributed by atoms with van der Waals surface area (Å²) in [4.78, 5) is 24.4. The second-order valence-electron chi connectivity index (χ2n) is 3.72. The van der Waals surface area contributed by atoms with Crippen molar-refractivity contribution in [3.05, 3.63) is 18.0 Å². The fraction of sp³-hybridized carbons (Fsp3) is 0.500. The summed E-state index contributed by atoms with van der Waals surface area (Å²) in [5.74, 6) is -0.229. The molecule has 6 heteroatoms. The van der Waals surface area contributed by atoms with Crippen LogP contribution in [0.4, 0.5) is 0 Å². The molecule has 0 aromatic carbocycles. The van der Waals surface area contributed by atoms with Crippen LogP contribution in [0.25, 0.3) is 0 Å². The average molecular weight is 222 g/mol. The Kier molecular flexibility index (Phi) is 3.00. The number of carbonyl (C=O) groups excluding carboxylic acids is 2. The number of likely N-dealkylation sites (tertiary alicyclic amines) is 1. The summed E-state index contributed by atoms with van der Waals surface area (Å²) in [6.07, 6.45) is 3.70. The minimum Gasteiger partial charge on any atom is -0.301 e. The van der Waals surface area contributed by atoms with Gasteiger partial charge in [-0.25, -0.2) is 0 Å². The second kappa shape index (κ2) is 4.44. The van der Waals surface area contributed by atoms with E-state index in [2.05, 4.69) is 15.5 Å². The molecule has 6 nitrogen and oxygen atoms in total. The van der Waals surface area contributed by atoms with Gasteiger partial charge in [-0.3, -0.25) is 19.6 Å². The van der Waals surface area contributed by atoms with Crippen LogP contribution in [0.2, 0.25) is 0 Å². The van der Waals surface area contributed by atoms with Gasteiger partial charge in [-0.1, -0.05) is 0 Å². The Balaban J connectivity index is 1.92. The van der Waals surface area contributed by atoms with Crippen LogP contribution in [0.3, 0.4) is 0 Å². The number of nitrogens with one attached hydrogen (secondary N) is 2. The number of hydrogen-bond acceptors (Lipinski definition) is 4. The first kappa shape index (κ1) is 10.8. The van der Waals surface area contributed by atoms with Crippen molar-refractivity contribution in [2.45, 2.75) is 25.9 Å². The lowest BCUT2D eigenvalue weighted by atomic mass is 10.2. The zero-order valence-corrected chi connectivity index (χ0v) is 9.06. The van der Waals surface area contributed by atoms with Crippen molar-refractivity contribution >= 4 is 11.8 Å². The third-order valence-electron chi connectivity index (χ3n) is 2.67. The average Bonchev–Trinajstić information content (AvgIpc) is 2.85. The first-order chi connectivity index (χ1) is 7.72. The predicted molar refractivity (Wildman–Crippen MR) is 56.2 cm³/mol. The highest BCUT2D eigenvalue weighted by atomic mass is 16.2. The number of H-pyrrole nitrogens is 1. The SMILES string of the molecule is CCN1C(=O)CC(NCc2cn[nH]c2)C1=O. The van der Waals surface area contributed by atoms with E-state index in [9.17, 15) is 9.59 Å². The van der Waals surface area contributed by atoms with Gasteiger partial charge in [0, 0.05) is 24.8 Å². The molecular formula is C10H14N4O2. The minimum absolute atomic E-state index is 0.0998.